The number of nitrogens with zero attached hydrogens (tertiary/aromatic N) is 6. The number of ether oxygens (including phenoxy) is 1. The molecule has 8 nitrogen and oxygen atoms in total. The highest BCUT2D eigenvalue weighted by Crippen LogP contribution is 2.28. The van der Waals surface area contributed by atoms with E-state index in [1.807, 2.05) is 18.7 Å². The molecule has 2 aromatic carbocycles. The maximum absolute atomic E-state index is 14.3. The van der Waals surface area contributed by atoms with Crippen LogP contribution in [-0.2, 0) is 11.2 Å². The number of alkyl halides is 2. The molecular weight excluding hydrogens is 490 g/mol. The van der Waals surface area contributed by atoms with Gasteiger partial charge in [0.15, 0.2) is 5.82 Å². The van der Waals surface area contributed by atoms with Crippen molar-refractivity contribution in [1.82, 2.24) is 24.5 Å². The van der Waals surface area contributed by atoms with Crippen LogP contribution in [0, 0.1) is 11.6 Å². The Morgan fingerprint density at radius 2 is 1.70 bits per heavy atom. The molecule has 0 amide bonds. The van der Waals surface area contributed by atoms with E-state index in [4.69, 9.17) is 4.74 Å². The van der Waals surface area contributed by atoms with E-state index in [2.05, 4.69) is 25.3 Å². The first-order chi connectivity index (χ1) is 17.7. The topological polar surface area (TPSA) is 81.0 Å². The molecule has 5 rings (SSSR count). The molecule has 12 heteroatoms. The quantitative estimate of drug-likeness (QED) is 0.358. The summed E-state index contributed by atoms with van der Waals surface area (Å²) in [5.74, 6) is -1.42. The summed E-state index contributed by atoms with van der Waals surface area (Å²) in [4.78, 5) is 19.5. The van der Waals surface area contributed by atoms with Crippen LogP contribution >= 0.6 is 0 Å². The van der Waals surface area contributed by atoms with Crippen molar-refractivity contribution >= 4 is 22.9 Å². The number of hydrogen-bond donors (Lipinski definition) is 1. The highest BCUT2D eigenvalue weighted by atomic mass is 19.3. The van der Waals surface area contributed by atoms with Crippen LogP contribution in [0.1, 0.15) is 31.7 Å². The Hall–Kier alpha value is -3.80. The van der Waals surface area contributed by atoms with Crippen molar-refractivity contribution in [2.75, 3.05) is 36.5 Å². The minimum Gasteiger partial charge on any atom is -0.378 e. The van der Waals surface area contributed by atoms with Gasteiger partial charge in [0.05, 0.1) is 24.2 Å². The molecule has 194 valence electrons. The van der Waals surface area contributed by atoms with Gasteiger partial charge < -0.3 is 15.0 Å². The Morgan fingerprint density at radius 3 is 2.43 bits per heavy atom. The molecule has 1 N–H and O–H groups in total. The third-order valence-electron chi connectivity index (χ3n) is 5.99. The molecule has 0 spiro atoms. The summed E-state index contributed by atoms with van der Waals surface area (Å²) < 4.78 is 62.4. The van der Waals surface area contributed by atoms with Crippen LogP contribution in [0.15, 0.2) is 42.5 Å². The Labute approximate surface area is 210 Å². The van der Waals surface area contributed by atoms with Gasteiger partial charge in [-0.2, -0.15) is 15.0 Å². The lowest BCUT2D eigenvalue weighted by atomic mass is 9.94. The molecular formula is C25H25F4N7O. The van der Waals surface area contributed by atoms with Gasteiger partial charge in [-0.1, -0.05) is 18.2 Å². The molecule has 37 heavy (non-hydrogen) atoms. The number of aromatic nitrogens is 5. The lowest BCUT2D eigenvalue weighted by Gasteiger charge is -2.29. The zero-order valence-corrected chi connectivity index (χ0v) is 20.3. The van der Waals surface area contributed by atoms with Gasteiger partial charge in [0.25, 0.3) is 6.43 Å². The van der Waals surface area contributed by atoms with Crippen molar-refractivity contribution in [3.8, 4) is 5.95 Å². The van der Waals surface area contributed by atoms with E-state index >= 15 is 0 Å². The first-order valence-electron chi connectivity index (χ1n) is 11.8. The van der Waals surface area contributed by atoms with E-state index < -0.39 is 29.4 Å². The van der Waals surface area contributed by atoms with Crippen molar-refractivity contribution in [2.45, 2.75) is 32.2 Å². The van der Waals surface area contributed by atoms with Crippen LogP contribution in [0.4, 0.5) is 29.5 Å². The van der Waals surface area contributed by atoms with Crippen LogP contribution in [0.2, 0.25) is 0 Å². The predicted octanol–water partition coefficient (Wildman–Crippen LogP) is 4.70. The van der Waals surface area contributed by atoms with Gasteiger partial charge in [0.2, 0.25) is 17.8 Å². The number of imidazole rings is 1. The van der Waals surface area contributed by atoms with Gasteiger partial charge in [-0.15, -0.1) is 0 Å². The Bertz CT molecular complexity index is 1420. The monoisotopic (exact) mass is 515 g/mol. The van der Waals surface area contributed by atoms with E-state index in [1.54, 1.807) is 24.3 Å². The Kier molecular flexibility index (Phi) is 6.67. The average molecular weight is 516 g/mol. The molecule has 1 saturated heterocycles. The largest absolute Gasteiger partial charge is 0.378 e. The van der Waals surface area contributed by atoms with Crippen LogP contribution in [0.3, 0.4) is 0 Å². The summed E-state index contributed by atoms with van der Waals surface area (Å²) in [5, 5.41) is 3.19. The van der Waals surface area contributed by atoms with Gasteiger partial charge in [0, 0.05) is 24.7 Å². The number of morpholine rings is 1. The van der Waals surface area contributed by atoms with Gasteiger partial charge in [-0.05, 0) is 44.0 Å². The summed E-state index contributed by atoms with van der Waals surface area (Å²) in [5.41, 5.74) is 0.327. The fraction of sp³-hybridized carbons (Fsp3) is 0.360. The molecule has 0 saturated carbocycles. The molecule has 0 radical (unpaired) electrons. The summed E-state index contributed by atoms with van der Waals surface area (Å²) in [6, 6.07) is 10.2. The summed E-state index contributed by atoms with van der Waals surface area (Å²) in [7, 11) is 0. The van der Waals surface area contributed by atoms with Crippen molar-refractivity contribution < 1.29 is 22.3 Å². The summed E-state index contributed by atoms with van der Waals surface area (Å²) in [6.45, 7) is 5.58. The highest BCUT2D eigenvalue weighted by Gasteiger charge is 2.27. The SMILES string of the molecule is CC(C)(Cc1ccc(F)cc1F)Nc1nc(N2CCOCC2)nc(-n2c(C(F)F)nc3ccccc32)n1. The van der Waals surface area contributed by atoms with Gasteiger partial charge in [-0.25, -0.2) is 22.5 Å². The van der Waals surface area contributed by atoms with Crippen LogP contribution in [0.25, 0.3) is 17.0 Å². The van der Waals surface area contributed by atoms with Gasteiger partial charge in [-0.3, -0.25) is 4.57 Å². The second-order valence-electron chi connectivity index (χ2n) is 9.37. The average Bonchev–Trinajstić information content (AvgIpc) is 3.26. The first-order valence-corrected chi connectivity index (χ1v) is 11.8. The van der Waals surface area contributed by atoms with E-state index in [1.165, 1.54) is 16.7 Å². The van der Waals surface area contributed by atoms with E-state index in [-0.39, 0.29) is 24.3 Å². The van der Waals surface area contributed by atoms with Gasteiger partial charge in [0.1, 0.15) is 11.6 Å². The number of fused-ring (bicyclic) bond motifs is 1. The van der Waals surface area contributed by atoms with Crippen LogP contribution < -0.4 is 10.2 Å². The number of hydrogen-bond acceptors (Lipinski definition) is 7. The van der Waals surface area contributed by atoms with Crippen molar-refractivity contribution in [3.05, 3.63) is 65.5 Å². The van der Waals surface area contributed by atoms with Gasteiger partial charge >= 0.3 is 0 Å². The standard InChI is InChI=1S/C25H25F4N7O/c1-25(2,14-15-7-8-16(26)13-17(15)27)34-22-31-23(35-9-11-37-12-10-35)33-24(32-22)36-19-6-4-3-5-18(19)30-21(36)20(28)29/h3-8,13,20H,9-12,14H2,1-2H3,(H,31,32,33,34). The minimum atomic E-state index is -2.87. The number of anilines is 2. The third-order valence-corrected chi connectivity index (χ3v) is 5.99. The lowest BCUT2D eigenvalue weighted by molar-refractivity contribution is 0.122. The van der Waals surface area contributed by atoms with Crippen molar-refractivity contribution in [3.63, 3.8) is 0 Å². The maximum Gasteiger partial charge on any atom is 0.296 e. The Balaban J connectivity index is 1.58. The molecule has 0 atom stereocenters. The third kappa shape index (κ3) is 5.33. The molecule has 4 aromatic rings. The second-order valence-corrected chi connectivity index (χ2v) is 9.37. The number of halogens is 4. The van der Waals surface area contributed by atoms with E-state index in [0.29, 0.717) is 42.9 Å². The minimum absolute atomic E-state index is 0.0215. The summed E-state index contributed by atoms with van der Waals surface area (Å²) in [6.07, 6.45) is -2.69. The first kappa shape index (κ1) is 24.9. The number of para-hydroxylation sites is 2. The molecule has 2 aromatic heterocycles. The second kappa shape index (κ2) is 9.92. The number of rotatable bonds is 7. The normalized spacial score (nSPS) is 14.5. The predicted molar refractivity (Wildman–Crippen MR) is 130 cm³/mol. The van der Waals surface area contributed by atoms with Crippen LogP contribution in [0.5, 0.6) is 0 Å². The zero-order valence-electron chi connectivity index (χ0n) is 20.3. The maximum atomic E-state index is 14.3. The Morgan fingerprint density at radius 1 is 0.973 bits per heavy atom. The zero-order chi connectivity index (χ0) is 26.2. The van der Waals surface area contributed by atoms with Crippen LogP contribution in [-0.4, -0.2) is 56.3 Å². The molecule has 3 heterocycles. The lowest BCUT2D eigenvalue weighted by Crippen LogP contribution is -2.39. The molecule has 0 aliphatic carbocycles. The van der Waals surface area contributed by atoms with Crippen molar-refractivity contribution in [2.24, 2.45) is 0 Å². The summed E-state index contributed by atoms with van der Waals surface area (Å²) >= 11 is 0. The van der Waals surface area contributed by atoms with Crippen molar-refractivity contribution in [1.29, 1.82) is 0 Å². The molecule has 1 aliphatic rings. The highest BCUT2D eigenvalue weighted by molar-refractivity contribution is 5.77. The molecule has 1 fully saturated rings. The van der Waals surface area contributed by atoms with E-state index in [0.717, 1.165) is 6.07 Å². The number of nitrogens with one attached hydrogen (secondary N) is 1. The molecule has 0 unspecified atom stereocenters. The number of benzene rings is 2. The smallest absolute Gasteiger partial charge is 0.296 e. The fourth-order valence-electron chi connectivity index (χ4n) is 4.30. The van der Waals surface area contributed by atoms with E-state index in [9.17, 15) is 17.6 Å². The molecule has 0 bridgehead atoms. The fourth-order valence-corrected chi connectivity index (χ4v) is 4.30. The molecule has 1 aliphatic heterocycles.